The van der Waals surface area contributed by atoms with Gasteiger partial charge in [0.2, 0.25) is 0 Å². The second-order valence-corrected chi connectivity index (χ2v) is 8.57. The summed E-state index contributed by atoms with van der Waals surface area (Å²) in [7, 11) is 0. The van der Waals surface area contributed by atoms with Gasteiger partial charge in [0.05, 0.1) is 0 Å². The monoisotopic (exact) mass is 536 g/mol. The normalized spacial score (nSPS) is 11.1. The summed E-state index contributed by atoms with van der Waals surface area (Å²) in [6, 6.07) is 23.4. The highest BCUT2D eigenvalue weighted by Crippen LogP contribution is 2.28. The van der Waals surface area contributed by atoms with Crippen molar-refractivity contribution < 1.29 is 29.3 Å². The molecular formula is C28H20N6O6. The first-order valence-corrected chi connectivity index (χ1v) is 12.1. The molecule has 0 radical (unpaired) electrons. The summed E-state index contributed by atoms with van der Waals surface area (Å²) in [5.41, 5.74) is 2.71. The van der Waals surface area contributed by atoms with Crippen molar-refractivity contribution in [2.24, 2.45) is 0 Å². The summed E-state index contributed by atoms with van der Waals surface area (Å²) in [5, 5.41) is 38.7. The van der Waals surface area contributed by atoms with Crippen LogP contribution in [0.15, 0.2) is 84.9 Å². The molecule has 4 aromatic carbocycles. The molecule has 0 amide bonds. The zero-order valence-corrected chi connectivity index (χ0v) is 20.7. The highest BCUT2D eigenvalue weighted by atomic mass is 16.6. The van der Waals surface area contributed by atoms with Gasteiger partial charge in [0.15, 0.2) is 11.5 Å². The Hall–Kier alpha value is -5.78. The maximum atomic E-state index is 12.6. The van der Waals surface area contributed by atoms with E-state index in [4.69, 9.17) is 9.47 Å². The molecule has 6 aromatic rings. The minimum atomic E-state index is -0.825. The van der Waals surface area contributed by atoms with E-state index >= 15 is 0 Å². The van der Waals surface area contributed by atoms with Crippen LogP contribution in [0.25, 0.3) is 33.4 Å². The molecule has 2 heterocycles. The Morgan fingerprint density at radius 1 is 0.550 bits per heavy atom. The average molecular weight is 537 g/mol. The first-order valence-electron chi connectivity index (χ1n) is 12.1. The highest BCUT2D eigenvalue weighted by molar-refractivity contribution is 5.94. The van der Waals surface area contributed by atoms with Crippen LogP contribution in [0.1, 0.15) is 20.7 Å². The van der Waals surface area contributed by atoms with Crippen molar-refractivity contribution in [3.8, 4) is 22.9 Å². The molecule has 0 fully saturated rings. The molecule has 0 aliphatic heterocycles. The number of esters is 2. The van der Waals surface area contributed by atoms with Gasteiger partial charge in [-0.15, -0.1) is 30.0 Å². The standard InChI is InChI=1S/C28H20N6O6/c35-25-17(7-5-13-23(25)33-29-19-9-1-2-10-20(19)30-33)27(37)39-15-16-40-28(38)18-8-6-14-24(26(18)36)34-31-21-11-3-4-12-22(21)32-34/h1-14,35-36H,15-16H2. The Labute approximate surface area is 225 Å². The van der Waals surface area contributed by atoms with Crippen LogP contribution in [0.2, 0.25) is 0 Å². The zero-order chi connectivity index (χ0) is 27.6. The van der Waals surface area contributed by atoms with Crippen molar-refractivity contribution in [3.63, 3.8) is 0 Å². The summed E-state index contributed by atoms with van der Waals surface area (Å²) < 4.78 is 10.4. The van der Waals surface area contributed by atoms with E-state index in [1.807, 2.05) is 24.3 Å². The minimum absolute atomic E-state index is 0.102. The maximum absolute atomic E-state index is 12.6. The Kier molecular flexibility index (Phi) is 6.24. The molecule has 0 unspecified atom stereocenters. The van der Waals surface area contributed by atoms with E-state index in [-0.39, 0.29) is 47.2 Å². The summed E-state index contributed by atoms with van der Waals surface area (Å²) in [5.74, 6) is -2.36. The van der Waals surface area contributed by atoms with E-state index in [1.54, 1.807) is 48.5 Å². The number of aromatic nitrogens is 6. The molecule has 12 heteroatoms. The van der Waals surface area contributed by atoms with Crippen LogP contribution in [-0.2, 0) is 9.47 Å². The van der Waals surface area contributed by atoms with Crippen molar-refractivity contribution >= 4 is 34.0 Å². The number of fused-ring (bicyclic) bond motifs is 2. The quantitative estimate of drug-likeness (QED) is 0.228. The van der Waals surface area contributed by atoms with Crippen molar-refractivity contribution in [3.05, 3.63) is 96.1 Å². The largest absolute Gasteiger partial charge is 0.505 e. The number of nitrogens with zero attached hydrogens (tertiary/aromatic N) is 6. The highest BCUT2D eigenvalue weighted by Gasteiger charge is 2.20. The molecule has 2 N–H and O–H groups in total. The lowest BCUT2D eigenvalue weighted by Gasteiger charge is -2.11. The fourth-order valence-electron chi connectivity index (χ4n) is 4.07. The summed E-state index contributed by atoms with van der Waals surface area (Å²) in [6.45, 7) is -0.574. The molecule has 198 valence electrons. The van der Waals surface area contributed by atoms with Gasteiger partial charge in [-0.3, -0.25) is 0 Å². The third kappa shape index (κ3) is 4.53. The number of ether oxygens (including phenoxy) is 2. The minimum Gasteiger partial charge on any atom is -0.505 e. The maximum Gasteiger partial charge on any atom is 0.342 e. The van der Waals surface area contributed by atoms with Gasteiger partial charge in [0, 0.05) is 0 Å². The Balaban J connectivity index is 1.10. The van der Waals surface area contributed by atoms with Gasteiger partial charge in [-0.05, 0) is 48.5 Å². The van der Waals surface area contributed by atoms with Gasteiger partial charge in [0.25, 0.3) is 0 Å². The summed E-state index contributed by atoms with van der Waals surface area (Å²) in [4.78, 5) is 27.7. The average Bonchev–Trinajstić information content (AvgIpc) is 3.59. The molecule has 0 aliphatic rings. The fourth-order valence-corrected chi connectivity index (χ4v) is 4.07. The van der Waals surface area contributed by atoms with Crippen LogP contribution in [0.3, 0.4) is 0 Å². The molecule has 40 heavy (non-hydrogen) atoms. The van der Waals surface area contributed by atoms with Gasteiger partial charge in [-0.2, -0.15) is 0 Å². The molecule has 0 saturated heterocycles. The third-order valence-corrected chi connectivity index (χ3v) is 6.02. The number of phenolic OH excluding ortho intramolecular Hbond substituents is 2. The predicted octanol–water partition coefficient (Wildman–Crippen LogP) is 3.58. The van der Waals surface area contributed by atoms with E-state index in [0.717, 1.165) is 0 Å². The zero-order valence-electron chi connectivity index (χ0n) is 20.7. The number of carbonyl (C=O) groups excluding carboxylic acids is 2. The molecule has 0 aliphatic carbocycles. The van der Waals surface area contributed by atoms with E-state index in [2.05, 4.69) is 20.4 Å². The lowest BCUT2D eigenvalue weighted by molar-refractivity contribution is 0.0262. The topological polar surface area (TPSA) is 154 Å². The van der Waals surface area contributed by atoms with Crippen LogP contribution in [0.5, 0.6) is 11.5 Å². The Morgan fingerprint density at radius 2 is 0.900 bits per heavy atom. The first-order chi connectivity index (χ1) is 19.5. The number of para-hydroxylation sites is 2. The Bertz CT molecular complexity index is 1690. The molecule has 12 nitrogen and oxygen atoms in total. The van der Waals surface area contributed by atoms with E-state index in [0.29, 0.717) is 22.1 Å². The number of hydrogen-bond acceptors (Lipinski definition) is 10. The van der Waals surface area contributed by atoms with Crippen LogP contribution < -0.4 is 0 Å². The van der Waals surface area contributed by atoms with Crippen LogP contribution in [-0.4, -0.2) is 65.4 Å². The fraction of sp³-hybridized carbons (Fsp3) is 0.0714. The second-order valence-electron chi connectivity index (χ2n) is 8.57. The van der Waals surface area contributed by atoms with Crippen LogP contribution in [0.4, 0.5) is 0 Å². The van der Waals surface area contributed by atoms with Gasteiger partial charge < -0.3 is 19.7 Å². The van der Waals surface area contributed by atoms with Crippen molar-refractivity contribution in [1.29, 1.82) is 0 Å². The summed E-state index contributed by atoms with van der Waals surface area (Å²) >= 11 is 0. The van der Waals surface area contributed by atoms with Crippen molar-refractivity contribution in [2.45, 2.75) is 0 Å². The molecule has 0 atom stereocenters. The molecule has 0 bridgehead atoms. The van der Waals surface area contributed by atoms with Crippen molar-refractivity contribution in [1.82, 2.24) is 30.0 Å². The number of phenols is 2. The number of benzene rings is 4. The first kappa shape index (κ1) is 24.6. The molecule has 0 spiro atoms. The number of rotatable bonds is 7. The van der Waals surface area contributed by atoms with Gasteiger partial charge in [-0.25, -0.2) is 9.59 Å². The molecule has 2 aromatic heterocycles. The smallest absolute Gasteiger partial charge is 0.342 e. The number of hydrogen-bond donors (Lipinski definition) is 2. The van der Waals surface area contributed by atoms with Gasteiger partial charge >= 0.3 is 11.9 Å². The number of aromatic hydroxyl groups is 2. The summed E-state index contributed by atoms with van der Waals surface area (Å²) in [6.07, 6.45) is 0. The van der Waals surface area contributed by atoms with Crippen LogP contribution in [0, 0.1) is 0 Å². The predicted molar refractivity (Wildman–Crippen MR) is 142 cm³/mol. The lowest BCUT2D eigenvalue weighted by atomic mass is 10.1. The van der Waals surface area contributed by atoms with E-state index in [9.17, 15) is 19.8 Å². The Morgan fingerprint density at radius 3 is 1.25 bits per heavy atom. The second kappa shape index (κ2) is 10.2. The number of carbonyl (C=O) groups is 2. The van der Waals surface area contributed by atoms with Crippen molar-refractivity contribution in [2.75, 3.05) is 13.2 Å². The van der Waals surface area contributed by atoms with Gasteiger partial charge in [-0.1, -0.05) is 36.4 Å². The van der Waals surface area contributed by atoms with Gasteiger partial charge in [0.1, 0.15) is 57.8 Å². The third-order valence-electron chi connectivity index (χ3n) is 6.02. The van der Waals surface area contributed by atoms with E-state index in [1.165, 1.54) is 21.7 Å². The molecular weight excluding hydrogens is 516 g/mol. The van der Waals surface area contributed by atoms with Crippen LogP contribution >= 0.6 is 0 Å². The lowest BCUT2D eigenvalue weighted by Crippen LogP contribution is -2.15. The molecule has 0 saturated carbocycles. The van der Waals surface area contributed by atoms with E-state index < -0.39 is 11.9 Å². The SMILES string of the molecule is O=C(OCCOC(=O)c1cccc(-n2nc3ccccc3n2)c1O)c1cccc(-n2nc3ccccc3n2)c1O. The molecule has 6 rings (SSSR count).